The van der Waals surface area contributed by atoms with Crippen molar-refractivity contribution in [2.45, 2.75) is 77.0 Å². The molecule has 0 heterocycles. The standard InChI is InChI=1S/C20H29NO4/c1-3-18(25-17-13-9-6-10-14-17)20(23)24-15(2)19(22)21-16-11-7-4-5-8-12-16/h6,9-10,13-16,18H,3-5,7-8,11-12H2,1-2H3,(H,21,22)/t15-,18+/m1/s1. The molecule has 1 aromatic rings. The lowest BCUT2D eigenvalue weighted by molar-refractivity contribution is -0.161. The van der Waals surface area contributed by atoms with E-state index in [1.807, 2.05) is 25.1 Å². The van der Waals surface area contributed by atoms with Gasteiger partial charge in [0.05, 0.1) is 0 Å². The van der Waals surface area contributed by atoms with Gasteiger partial charge in [-0.1, -0.05) is 50.8 Å². The number of carbonyl (C=O) groups excluding carboxylic acids is 2. The third-order valence-electron chi connectivity index (χ3n) is 4.52. The average Bonchev–Trinajstić information content (AvgIpc) is 2.89. The lowest BCUT2D eigenvalue weighted by atomic mass is 10.1. The van der Waals surface area contributed by atoms with Crippen LogP contribution >= 0.6 is 0 Å². The number of amides is 1. The molecule has 0 saturated heterocycles. The van der Waals surface area contributed by atoms with Crippen LogP contribution in [0.4, 0.5) is 0 Å². The van der Waals surface area contributed by atoms with Crippen molar-refractivity contribution in [2.75, 3.05) is 0 Å². The van der Waals surface area contributed by atoms with Crippen LogP contribution in [0.25, 0.3) is 0 Å². The van der Waals surface area contributed by atoms with Crippen LogP contribution in [-0.2, 0) is 14.3 Å². The summed E-state index contributed by atoms with van der Waals surface area (Å²) in [5.41, 5.74) is 0. The molecule has 0 unspecified atom stereocenters. The first-order valence-electron chi connectivity index (χ1n) is 9.32. The van der Waals surface area contributed by atoms with Gasteiger partial charge in [0.2, 0.25) is 0 Å². The molecule has 138 valence electrons. The first-order valence-corrected chi connectivity index (χ1v) is 9.32. The molecule has 5 heteroatoms. The number of carbonyl (C=O) groups is 2. The van der Waals surface area contributed by atoms with Crippen LogP contribution in [-0.4, -0.2) is 30.1 Å². The molecule has 0 spiro atoms. The first-order chi connectivity index (χ1) is 12.1. The molecule has 2 atom stereocenters. The lowest BCUT2D eigenvalue weighted by Gasteiger charge is -2.22. The Morgan fingerprint density at radius 1 is 1.12 bits per heavy atom. The smallest absolute Gasteiger partial charge is 0.348 e. The number of para-hydroxylation sites is 1. The molecular formula is C20H29NO4. The molecule has 1 N–H and O–H groups in total. The van der Waals surface area contributed by atoms with Crippen molar-refractivity contribution in [3.05, 3.63) is 30.3 Å². The summed E-state index contributed by atoms with van der Waals surface area (Å²) in [6.07, 6.45) is 5.69. The van der Waals surface area contributed by atoms with E-state index in [0.717, 1.165) is 25.7 Å². The maximum atomic E-state index is 12.3. The fraction of sp³-hybridized carbons (Fsp3) is 0.600. The number of rotatable bonds is 7. The van der Waals surface area contributed by atoms with Gasteiger partial charge in [-0.15, -0.1) is 0 Å². The third kappa shape index (κ3) is 6.40. The maximum Gasteiger partial charge on any atom is 0.348 e. The summed E-state index contributed by atoms with van der Waals surface area (Å²) in [6.45, 7) is 3.46. The summed E-state index contributed by atoms with van der Waals surface area (Å²) in [4.78, 5) is 24.6. The quantitative estimate of drug-likeness (QED) is 0.604. The zero-order chi connectivity index (χ0) is 18.1. The van der Waals surface area contributed by atoms with Gasteiger partial charge in [0.1, 0.15) is 5.75 Å². The number of benzene rings is 1. The number of hydrogen-bond acceptors (Lipinski definition) is 4. The van der Waals surface area contributed by atoms with Crippen molar-refractivity contribution in [1.29, 1.82) is 0 Å². The molecule has 0 bridgehead atoms. The molecule has 1 aliphatic carbocycles. The molecule has 0 radical (unpaired) electrons. The Balaban J connectivity index is 1.83. The van der Waals surface area contributed by atoms with Crippen molar-refractivity contribution < 1.29 is 19.1 Å². The number of nitrogens with one attached hydrogen (secondary N) is 1. The van der Waals surface area contributed by atoms with E-state index in [9.17, 15) is 9.59 Å². The summed E-state index contributed by atoms with van der Waals surface area (Å²) >= 11 is 0. The van der Waals surface area contributed by atoms with Gasteiger partial charge in [-0.3, -0.25) is 4.79 Å². The van der Waals surface area contributed by atoms with Gasteiger partial charge in [0, 0.05) is 6.04 Å². The predicted molar refractivity (Wildman–Crippen MR) is 96.3 cm³/mol. The fourth-order valence-corrected chi connectivity index (χ4v) is 3.01. The van der Waals surface area contributed by atoms with E-state index in [-0.39, 0.29) is 11.9 Å². The minimum absolute atomic E-state index is 0.193. The monoisotopic (exact) mass is 347 g/mol. The van der Waals surface area contributed by atoms with E-state index in [4.69, 9.17) is 9.47 Å². The average molecular weight is 347 g/mol. The first kappa shape index (κ1) is 19.3. The third-order valence-corrected chi connectivity index (χ3v) is 4.52. The minimum atomic E-state index is -0.816. The molecule has 0 aliphatic heterocycles. The lowest BCUT2D eigenvalue weighted by Crippen LogP contribution is -2.43. The Labute approximate surface area is 150 Å². The minimum Gasteiger partial charge on any atom is -0.479 e. The number of esters is 1. The van der Waals surface area contributed by atoms with Crippen molar-refractivity contribution in [3.63, 3.8) is 0 Å². The summed E-state index contributed by atoms with van der Waals surface area (Å²) in [5.74, 6) is -0.119. The van der Waals surface area contributed by atoms with Crippen molar-refractivity contribution in [1.82, 2.24) is 5.32 Å². The van der Waals surface area contributed by atoms with Crippen LogP contribution in [0, 0.1) is 0 Å². The van der Waals surface area contributed by atoms with Gasteiger partial charge in [0.25, 0.3) is 5.91 Å². The molecule has 2 rings (SSSR count). The molecule has 1 aliphatic rings. The van der Waals surface area contributed by atoms with Crippen molar-refractivity contribution in [2.24, 2.45) is 0 Å². The second kappa shape index (κ2) is 10.1. The van der Waals surface area contributed by atoms with Crippen LogP contribution in [0.15, 0.2) is 30.3 Å². The summed E-state index contributed by atoms with van der Waals surface area (Å²) in [6, 6.07) is 9.34. The van der Waals surface area contributed by atoms with E-state index in [1.54, 1.807) is 19.1 Å². The zero-order valence-electron chi connectivity index (χ0n) is 15.2. The largest absolute Gasteiger partial charge is 0.479 e. The van der Waals surface area contributed by atoms with Crippen LogP contribution < -0.4 is 10.1 Å². The Hall–Kier alpha value is -2.04. The molecular weight excluding hydrogens is 318 g/mol. The Morgan fingerprint density at radius 3 is 2.36 bits per heavy atom. The van der Waals surface area contributed by atoms with Crippen LogP contribution in [0.3, 0.4) is 0 Å². The van der Waals surface area contributed by atoms with E-state index >= 15 is 0 Å². The van der Waals surface area contributed by atoms with E-state index in [1.165, 1.54) is 12.8 Å². The van der Waals surface area contributed by atoms with Gasteiger partial charge < -0.3 is 14.8 Å². The van der Waals surface area contributed by atoms with Crippen LogP contribution in [0.2, 0.25) is 0 Å². The van der Waals surface area contributed by atoms with Crippen LogP contribution in [0.5, 0.6) is 5.75 Å². The molecule has 0 aromatic heterocycles. The second-order valence-corrected chi connectivity index (χ2v) is 6.60. The molecule has 1 amide bonds. The molecule has 25 heavy (non-hydrogen) atoms. The Kier molecular flexibility index (Phi) is 7.76. The summed E-state index contributed by atoms with van der Waals surface area (Å²) in [5, 5.41) is 3.01. The number of ether oxygens (including phenoxy) is 2. The van der Waals surface area contributed by atoms with Gasteiger partial charge in [-0.25, -0.2) is 4.79 Å². The van der Waals surface area contributed by atoms with Gasteiger partial charge in [0.15, 0.2) is 12.2 Å². The maximum absolute atomic E-state index is 12.3. The van der Waals surface area contributed by atoms with Gasteiger partial charge in [-0.2, -0.15) is 0 Å². The van der Waals surface area contributed by atoms with E-state index < -0.39 is 18.2 Å². The van der Waals surface area contributed by atoms with Crippen LogP contribution in [0.1, 0.15) is 58.8 Å². The van der Waals surface area contributed by atoms with E-state index in [2.05, 4.69) is 5.32 Å². The molecule has 1 fully saturated rings. The van der Waals surface area contributed by atoms with E-state index in [0.29, 0.717) is 12.2 Å². The highest BCUT2D eigenvalue weighted by atomic mass is 16.6. The highest BCUT2D eigenvalue weighted by Gasteiger charge is 2.26. The normalized spacial score (nSPS) is 17.8. The molecule has 1 aromatic carbocycles. The fourth-order valence-electron chi connectivity index (χ4n) is 3.01. The molecule has 5 nitrogen and oxygen atoms in total. The highest BCUT2D eigenvalue weighted by Crippen LogP contribution is 2.18. The van der Waals surface area contributed by atoms with Gasteiger partial charge in [-0.05, 0) is 38.3 Å². The Morgan fingerprint density at radius 2 is 1.76 bits per heavy atom. The SMILES string of the molecule is CC[C@H](Oc1ccccc1)C(=O)O[C@H](C)C(=O)NC1CCCCCC1. The van der Waals surface area contributed by atoms with Crippen molar-refractivity contribution >= 4 is 11.9 Å². The Bertz CT molecular complexity index is 538. The predicted octanol–water partition coefficient (Wildman–Crippen LogP) is 3.61. The summed E-state index contributed by atoms with van der Waals surface area (Å²) < 4.78 is 11.0. The highest BCUT2D eigenvalue weighted by molar-refractivity contribution is 5.84. The topological polar surface area (TPSA) is 64.6 Å². The molecule has 1 saturated carbocycles. The summed E-state index contributed by atoms with van der Waals surface area (Å²) in [7, 11) is 0. The van der Waals surface area contributed by atoms with Crippen molar-refractivity contribution in [3.8, 4) is 5.75 Å². The zero-order valence-corrected chi connectivity index (χ0v) is 15.2. The second-order valence-electron chi connectivity index (χ2n) is 6.60. The number of hydrogen-bond donors (Lipinski definition) is 1. The van der Waals surface area contributed by atoms with Gasteiger partial charge >= 0.3 is 5.97 Å².